The third kappa shape index (κ3) is 8.84. The second kappa shape index (κ2) is 15.6. The number of nitrogens with zero attached hydrogens (tertiary/aromatic N) is 1. The molecular weight excluding hydrogens is 544 g/mol. The lowest BCUT2D eigenvalue weighted by Crippen LogP contribution is -2.43. The Morgan fingerprint density at radius 2 is 1.67 bits per heavy atom. The molecule has 1 aliphatic heterocycles. The van der Waals surface area contributed by atoms with Gasteiger partial charge in [-0.15, -0.1) is 6.58 Å². The highest BCUT2D eigenvalue weighted by Gasteiger charge is 2.38. The van der Waals surface area contributed by atoms with Gasteiger partial charge in [0.15, 0.2) is 6.29 Å². The number of aliphatic hydroxyl groups is 1. The lowest BCUT2D eigenvalue weighted by molar-refractivity contribution is -0.275. The van der Waals surface area contributed by atoms with Gasteiger partial charge >= 0.3 is 5.97 Å². The van der Waals surface area contributed by atoms with Gasteiger partial charge in [0.05, 0.1) is 18.8 Å². The molecule has 1 heterocycles. The van der Waals surface area contributed by atoms with Crippen LogP contribution in [0.2, 0.25) is 0 Å². The summed E-state index contributed by atoms with van der Waals surface area (Å²) < 4.78 is 13.1. The minimum atomic E-state index is -0.900. The molecule has 3 aromatic carbocycles. The van der Waals surface area contributed by atoms with Crippen molar-refractivity contribution in [1.82, 2.24) is 10.2 Å². The van der Waals surface area contributed by atoms with E-state index in [1.807, 2.05) is 78.9 Å². The predicted octanol–water partition coefficient (Wildman–Crippen LogP) is 5.63. The van der Waals surface area contributed by atoms with E-state index in [2.05, 4.69) is 30.8 Å². The van der Waals surface area contributed by atoms with Crippen LogP contribution in [0.5, 0.6) is 0 Å². The first-order chi connectivity index (χ1) is 20.8. The van der Waals surface area contributed by atoms with E-state index in [0.717, 1.165) is 46.5 Å². The second-order valence-electron chi connectivity index (χ2n) is 11.1. The van der Waals surface area contributed by atoms with Gasteiger partial charge in [0.2, 0.25) is 5.91 Å². The van der Waals surface area contributed by atoms with E-state index in [1.165, 1.54) is 0 Å². The van der Waals surface area contributed by atoms with Gasteiger partial charge in [0, 0.05) is 44.0 Å². The summed E-state index contributed by atoms with van der Waals surface area (Å²) in [7, 11) is 2.05. The molecule has 8 nitrogen and oxygen atoms in total. The van der Waals surface area contributed by atoms with Crippen LogP contribution in [0.1, 0.15) is 60.8 Å². The highest BCUT2D eigenvalue weighted by atomic mass is 16.7. The molecule has 3 aromatic rings. The second-order valence-corrected chi connectivity index (χ2v) is 11.1. The van der Waals surface area contributed by atoms with Crippen molar-refractivity contribution < 1.29 is 29.3 Å². The van der Waals surface area contributed by atoms with E-state index in [1.54, 1.807) is 0 Å². The van der Waals surface area contributed by atoms with Gasteiger partial charge in [0.25, 0.3) is 0 Å². The largest absolute Gasteiger partial charge is 0.481 e. The molecule has 0 spiro atoms. The molecule has 0 aliphatic carbocycles. The van der Waals surface area contributed by atoms with E-state index >= 15 is 0 Å². The number of carbonyl (C=O) groups is 2. The first-order valence-electron chi connectivity index (χ1n) is 14.8. The van der Waals surface area contributed by atoms with Crippen LogP contribution in [0.3, 0.4) is 0 Å². The molecule has 228 valence electrons. The fourth-order valence-electron chi connectivity index (χ4n) is 5.39. The molecule has 1 saturated heterocycles. The van der Waals surface area contributed by atoms with Gasteiger partial charge in [-0.25, -0.2) is 0 Å². The van der Waals surface area contributed by atoms with Crippen LogP contribution < -0.4 is 5.32 Å². The molecular formula is C35H42N2O6. The van der Waals surface area contributed by atoms with Crippen molar-refractivity contribution in [1.29, 1.82) is 0 Å². The van der Waals surface area contributed by atoms with Crippen molar-refractivity contribution >= 4 is 11.9 Å². The topological polar surface area (TPSA) is 108 Å². The zero-order valence-corrected chi connectivity index (χ0v) is 24.9. The van der Waals surface area contributed by atoms with Gasteiger partial charge in [-0.2, -0.15) is 0 Å². The van der Waals surface area contributed by atoms with Crippen molar-refractivity contribution in [3.8, 4) is 11.1 Å². The minimum Gasteiger partial charge on any atom is -0.481 e. The van der Waals surface area contributed by atoms with Crippen molar-refractivity contribution in [2.75, 3.05) is 20.1 Å². The Balaban J connectivity index is 1.51. The molecule has 3 N–H and O–H groups in total. The molecule has 1 amide bonds. The first kappa shape index (κ1) is 32.1. The molecule has 4 atom stereocenters. The maximum atomic E-state index is 12.2. The average molecular weight is 587 g/mol. The van der Waals surface area contributed by atoms with Crippen molar-refractivity contribution in [2.24, 2.45) is 5.92 Å². The summed E-state index contributed by atoms with van der Waals surface area (Å²) in [5.74, 6) is -0.974. The molecule has 8 heteroatoms. The zero-order valence-electron chi connectivity index (χ0n) is 24.9. The van der Waals surface area contributed by atoms with Crippen LogP contribution >= 0.6 is 0 Å². The summed E-state index contributed by atoms with van der Waals surface area (Å²) in [5.41, 5.74) is 5.79. The lowest BCUT2D eigenvalue weighted by atomic mass is 9.90. The van der Waals surface area contributed by atoms with Crippen LogP contribution in [0, 0.1) is 5.92 Å². The fourth-order valence-corrected chi connectivity index (χ4v) is 5.39. The highest BCUT2D eigenvalue weighted by molar-refractivity contribution is 5.77. The smallest absolute Gasteiger partial charge is 0.303 e. The summed E-state index contributed by atoms with van der Waals surface area (Å²) in [4.78, 5) is 25.1. The Labute approximate surface area is 254 Å². The average Bonchev–Trinajstić information content (AvgIpc) is 3.01. The normalized spacial score (nSPS) is 20.1. The molecule has 0 aromatic heterocycles. The molecule has 0 radical (unpaired) electrons. The number of aliphatic carboxylic acids is 1. The van der Waals surface area contributed by atoms with Gasteiger partial charge in [0.1, 0.15) is 0 Å². The molecule has 0 saturated carbocycles. The number of carbonyl (C=O) groups excluding carboxylic acids is 1. The van der Waals surface area contributed by atoms with E-state index < -0.39 is 12.3 Å². The van der Waals surface area contributed by atoms with Crippen molar-refractivity contribution in [2.45, 2.75) is 57.8 Å². The molecule has 1 fully saturated rings. The summed E-state index contributed by atoms with van der Waals surface area (Å²) in [5, 5.41) is 21.2. The number of nitrogens with one attached hydrogen (secondary N) is 1. The van der Waals surface area contributed by atoms with Crippen molar-refractivity contribution in [3.63, 3.8) is 0 Å². The summed E-state index contributed by atoms with van der Waals surface area (Å²) in [6, 6.07) is 23.9. The van der Waals surface area contributed by atoms with Gasteiger partial charge in [-0.1, -0.05) is 85.8 Å². The number of benzene rings is 3. The van der Waals surface area contributed by atoms with Gasteiger partial charge < -0.3 is 29.9 Å². The summed E-state index contributed by atoms with van der Waals surface area (Å²) in [6.45, 7) is 7.85. The quantitative estimate of drug-likeness (QED) is 0.210. The predicted molar refractivity (Wildman–Crippen MR) is 166 cm³/mol. The number of carboxylic acids is 1. The van der Waals surface area contributed by atoms with Gasteiger partial charge in [-0.05, 0) is 41.3 Å². The Bertz CT molecular complexity index is 1360. The Hall–Kier alpha value is -3.82. The lowest BCUT2D eigenvalue weighted by Gasteiger charge is -2.42. The minimum absolute atomic E-state index is 0.00327. The maximum absolute atomic E-state index is 12.2. The summed E-state index contributed by atoms with van der Waals surface area (Å²) in [6.07, 6.45) is 1.53. The number of hydrogen-bond donors (Lipinski definition) is 3. The van der Waals surface area contributed by atoms with Crippen LogP contribution in [0.15, 0.2) is 85.5 Å². The Morgan fingerprint density at radius 1 is 0.977 bits per heavy atom. The molecule has 4 rings (SSSR count). The molecule has 1 aliphatic rings. The monoisotopic (exact) mass is 586 g/mol. The van der Waals surface area contributed by atoms with E-state index in [0.29, 0.717) is 13.0 Å². The van der Waals surface area contributed by atoms with Gasteiger partial charge in [-0.3, -0.25) is 9.59 Å². The van der Waals surface area contributed by atoms with E-state index in [-0.39, 0.29) is 43.5 Å². The maximum Gasteiger partial charge on any atom is 0.303 e. The molecule has 4 unspecified atom stereocenters. The third-order valence-corrected chi connectivity index (χ3v) is 7.84. The van der Waals surface area contributed by atoms with E-state index in [4.69, 9.17) is 14.6 Å². The number of aliphatic hydroxyl groups excluding tert-OH is 1. The number of likely N-dealkylation sites (N-methyl/N-ethyl adjacent to an activating group) is 1. The van der Waals surface area contributed by atoms with Crippen LogP contribution in [-0.2, 0) is 32.2 Å². The third-order valence-electron chi connectivity index (χ3n) is 7.84. The molecule has 0 bridgehead atoms. The number of hydrogen-bond acceptors (Lipinski definition) is 6. The first-order valence-corrected chi connectivity index (χ1v) is 14.8. The van der Waals surface area contributed by atoms with Crippen LogP contribution in [0.4, 0.5) is 0 Å². The zero-order chi connectivity index (χ0) is 30.8. The number of rotatable bonds is 14. The number of ether oxygens (including phenoxy) is 2. The Morgan fingerprint density at radius 3 is 2.35 bits per heavy atom. The Kier molecular flexibility index (Phi) is 11.6. The molecule has 43 heavy (non-hydrogen) atoms. The van der Waals surface area contributed by atoms with E-state index in [9.17, 15) is 14.7 Å². The highest BCUT2D eigenvalue weighted by Crippen LogP contribution is 2.42. The number of amides is 1. The fraction of sp³-hybridized carbons (Fsp3) is 0.371. The van der Waals surface area contributed by atoms with Crippen molar-refractivity contribution in [3.05, 3.63) is 108 Å². The standard InChI is InChI=1S/C35H42N2O6/c1-4-20-37(3)22-31-24(2)34(27-14-12-25(23-38)13-15-27)43-35(42-31)28-18-16-26(17-19-28)30-9-6-5-8-29(30)21-36-32(39)10-7-11-33(40)41/h4-6,8-9,12-19,24,31,34-35,38H,1,7,10-11,20-23H2,2-3H3,(H,36,39)(H,40,41). The van der Waals surface area contributed by atoms with Crippen LogP contribution in [0.25, 0.3) is 11.1 Å². The SMILES string of the molecule is C=CCN(C)CC1OC(c2ccc(-c3ccccc3CNC(=O)CCCC(=O)O)cc2)OC(c2ccc(CO)cc2)C1C. The van der Waals surface area contributed by atoms with Crippen LogP contribution in [-0.4, -0.2) is 53.2 Å². The summed E-state index contributed by atoms with van der Waals surface area (Å²) >= 11 is 0. The number of carboxylic acid groups (broad SMARTS) is 1.